The number of rotatable bonds is 20. The van der Waals surface area contributed by atoms with Gasteiger partial charge in [0.25, 0.3) is 18.1 Å². The molecule has 8 fully saturated rings. The molecule has 5 unspecified atom stereocenters. The first-order chi connectivity index (χ1) is 57.6. The average molecular weight is 1860 g/mol. The second kappa shape index (κ2) is 39.2. The van der Waals surface area contributed by atoms with Crippen LogP contribution in [0.3, 0.4) is 0 Å². The van der Waals surface area contributed by atoms with Crippen LogP contribution in [0, 0.1) is 45.3 Å². The molecule has 0 heterocycles. The second-order valence-electron chi connectivity index (χ2n) is 30.9. The first-order valence-corrected chi connectivity index (χ1v) is 45.2. The number of benzene rings is 9. The van der Waals surface area contributed by atoms with Crippen LogP contribution < -0.4 is 0 Å². The van der Waals surface area contributed by atoms with E-state index in [-0.39, 0.29) is 82.2 Å². The molecule has 9 aromatic carbocycles. The van der Waals surface area contributed by atoms with Gasteiger partial charge in [-0.25, -0.2) is 25.6 Å². The van der Waals surface area contributed by atoms with Crippen molar-refractivity contribution in [3.05, 3.63) is 273 Å². The normalized spacial score (nSPS) is 22.8. The average Bonchev–Trinajstić information content (AvgIpc) is 0.713. The van der Waals surface area contributed by atoms with E-state index in [1.54, 1.807) is 0 Å². The number of carbonyl (C=O) groups excluding carboxylic acids is 4. The van der Waals surface area contributed by atoms with E-state index in [0.29, 0.717) is 18.3 Å². The highest BCUT2D eigenvalue weighted by Crippen LogP contribution is 2.68. The van der Waals surface area contributed by atoms with Crippen LogP contribution in [-0.4, -0.2) is 107 Å². The van der Waals surface area contributed by atoms with Crippen LogP contribution in [0.25, 0.3) is 0 Å². The van der Waals surface area contributed by atoms with Gasteiger partial charge in [0.1, 0.15) is 0 Å². The number of aliphatic hydroxyl groups excluding tert-OH is 1. The van der Waals surface area contributed by atoms with Crippen LogP contribution in [0.1, 0.15) is 84.0 Å². The van der Waals surface area contributed by atoms with Crippen molar-refractivity contribution in [1.82, 2.24) is 0 Å². The first kappa shape index (κ1) is 96.8. The summed E-state index contributed by atoms with van der Waals surface area (Å²) in [4.78, 5) is 61.2. The Labute approximate surface area is 719 Å². The Balaban J connectivity index is 0.000000160. The number of hydrogen-bond acceptors (Lipinski definition) is 13. The number of ether oxygens (including phenoxy) is 2. The summed E-state index contributed by atoms with van der Waals surface area (Å²) >= 11 is 11.5. The quantitative estimate of drug-likeness (QED) is 0.0247. The highest BCUT2D eigenvalue weighted by molar-refractivity contribution is 7.97. The Hall–Kier alpha value is -8.38. The van der Waals surface area contributed by atoms with Crippen molar-refractivity contribution in [2.24, 2.45) is 45.3 Å². The van der Waals surface area contributed by atoms with Crippen molar-refractivity contribution in [3.63, 3.8) is 0 Å². The molecule has 0 saturated heterocycles. The number of carbonyl (C=O) groups is 4. The van der Waals surface area contributed by atoms with E-state index in [1.807, 2.05) is 0 Å². The molecule has 1 N–H and O–H groups in total. The van der Waals surface area contributed by atoms with Crippen molar-refractivity contribution in [1.29, 1.82) is 0 Å². The zero-order chi connectivity index (χ0) is 90.0. The number of halogens is 17. The van der Waals surface area contributed by atoms with E-state index in [4.69, 9.17) is 28.3 Å². The van der Waals surface area contributed by atoms with Crippen molar-refractivity contribution >= 4 is 98.5 Å². The molecule has 0 spiro atoms. The summed E-state index contributed by atoms with van der Waals surface area (Å²) in [6, 6.07) is 96.5. The van der Waals surface area contributed by atoms with E-state index < -0.39 is 125 Å². The molecule has 8 bridgehead atoms. The van der Waals surface area contributed by atoms with Crippen LogP contribution in [0.5, 0.6) is 0 Å². The van der Waals surface area contributed by atoms with E-state index >= 15 is 0 Å². The molecule has 8 aliphatic rings. The van der Waals surface area contributed by atoms with Crippen molar-refractivity contribution in [2.45, 2.75) is 181 Å². The number of alkyl halides is 15. The third-order valence-electron chi connectivity index (χ3n) is 21.7. The first-order valence-electron chi connectivity index (χ1n) is 38.0. The molecule has 13 nitrogen and oxygen atoms in total. The summed E-state index contributed by atoms with van der Waals surface area (Å²) in [5, 5.41) is -4.60. The van der Waals surface area contributed by atoms with Gasteiger partial charge in [-0.15, -0.1) is 0 Å². The molecule has 0 radical (unpaired) electrons. The number of hydrogen-bond donors (Lipinski definition) is 1. The molecule has 0 amide bonds. The molecule has 0 aromatic heterocycles. The number of aliphatic hydroxyl groups is 1. The van der Waals surface area contributed by atoms with Crippen LogP contribution in [0.2, 0.25) is 0 Å². The summed E-state index contributed by atoms with van der Waals surface area (Å²) in [7, 11) is -13.6. The molecule has 8 aliphatic carbocycles. The minimum Gasteiger partial charge on any atom is -0.743 e. The maximum Gasteiger partial charge on any atom is 0.432 e. The lowest BCUT2D eigenvalue weighted by atomic mass is 9.44. The van der Waals surface area contributed by atoms with Crippen LogP contribution in [0.4, 0.5) is 65.9 Å². The summed E-state index contributed by atoms with van der Waals surface area (Å²) in [5.41, 5.74) is -5.08. The van der Waals surface area contributed by atoms with Crippen molar-refractivity contribution in [2.75, 3.05) is 0 Å². The molecule has 123 heavy (non-hydrogen) atoms. The van der Waals surface area contributed by atoms with E-state index in [0.717, 1.165) is 32.1 Å². The third kappa shape index (κ3) is 23.5. The van der Waals surface area contributed by atoms with Gasteiger partial charge in [-0.05, 0) is 233 Å². The Kier molecular flexibility index (Phi) is 30.9. The van der Waals surface area contributed by atoms with Gasteiger partial charge in [-0.3, -0.25) is 19.2 Å². The molecular formula is C88H80Cl2F15O13S5+. The van der Waals surface area contributed by atoms with Crippen LogP contribution in [0.15, 0.2) is 317 Å². The van der Waals surface area contributed by atoms with Gasteiger partial charge in [0.2, 0.25) is 16.6 Å². The minimum absolute atomic E-state index is 0.0146. The lowest BCUT2D eigenvalue weighted by Gasteiger charge is -2.59. The molecule has 8 saturated carbocycles. The molecular weight excluding hydrogens is 1780 g/mol. The van der Waals surface area contributed by atoms with Crippen molar-refractivity contribution in [3.8, 4) is 0 Å². The predicted molar refractivity (Wildman–Crippen MR) is 429 cm³/mol. The summed E-state index contributed by atoms with van der Waals surface area (Å²) in [5.74, 6) is -8.90. The standard InChI is InChI=1S/C19H20F10O7S.3C18H15S.C12H14Cl2O2.C3H3F5O4S/c1-14(20,21)10(17(22,23)24)35-12(30)15-3-8-2-9(4-15)6-16(5-8,7-15)13(31)36-11(18(25,26)27)19(28,29)37(32,33)34;3*1-4-10-16(11-5-1)19(17-12-6-2-7-13-17)18-14-8-3-9-15-18;13-9(15)11-2-7-1-8(4-11)5-12(3-7,6-11)10(14)16;4-2(5,6)1(9)3(7,8)13(10,11)12/h8-11H,2-7H2,1H3,(H,32,33,34);3*1-15H;7-8H,1-6H2;1,9H,(H,10,11,12)/q;3*+1;;/p-2. The molecule has 0 aliphatic heterocycles. The molecule has 35 heteroatoms. The fourth-order valence-electron chi connectivity index (χ4n) is 17.4. The van der Waals surface area contributed by atoms with Gasteiger partial charge in [0.05, 0.1) is 43.5 Å². The topological polar surface area (TPSA) is 221 Å². The Morgan fingerprint density at radius 1 is 0.341 bits per heavy atom. The molecule has 658 valence electrons. The Morgan fingerprint density at radius 3 is 0.691 bits per heavy atom. The van der Waals surface area contributed by atoms with Gasteiger partial charge in [0, 0.05) is 17.8 Å². The largest absolute Gasteiger partial charge is 0.743 e. The Morgan fingerprint density at radius 2 is 0.528 bits per heavy atom. The van der Waals surface area contributed by atoms with E-state index in [1.165, 1.54) is 44.1 Å². The van der Waals surface area contributed by atoms with Gasteiger partial charge in [-0.2, -0.15) is 57.1 Å². The number of esters is 2. The highest BCUT2D eigenvalue weighted by atomic mass is 35.5. The molecule has 9 aromatic rings. The third-order valence-corrected chi connectivity index (χ3v) is 31.0. The fraction of sp³-hybridized carbons (Fsp3) is 0.341. The van der Waals surface area contributed by atoms with Gasteiger partial charge >= 0.3 is 41.0 Å². The summed E-state index contributed by atoms with van der Waals surface area (Å²) in [6.07, 6.45) is -27.6. The highest BCUT2D eigenvalue weighted by Gasteiger charge is 2.70. The lowest BCUT2D eigenvalue weighted by Crippen LogP contribution is -2.61. The lowest BCUT2D eigenvalue weighted by molar-refractivity contribution is -0.282. The maximum atomic E-state index is 13.8. The smallest absolute Gasteiger partial charge is 0.432 e. The van der Waals surface area contributed by atoms with E-state index in [9.17, 15) is 111 Å². The molecule has 5 atom stereocenters. The summed E-state index contributed by atoms with van der Waals surface area (Å²) < 4.78 is 261. The van der Waals surface area contributed by atoms with Gasteiger partial charge in [-0.1, -0.05) is 164 Å². The zero-order valence-electron chi connectivity index (χ0n) is 64.8. The monoisotopic (exact) mass is 1860 g/mol. The van der Waals surface area contributed by atoms with Gasteiger partial charge < -0.3 is 23.7 Å². The fourth-order valence-corrected chi connectivity index (χ4v) is 25.0. The van der Waals surface area contributed by atoms with Crippen molar-refractivity contribution < 1.29 is 126 Å². The predicted octanol–water partition coefficient (Wildman–Crippen LogP) is 21.8. The SMILES string of the molecule is CC(F)(F)C(OC(=O)C12CC3CC(C1)CC(C(=O)OC(C(F)(F)F)C(F)(F)S(=O)(=O)[O-])(C3)C2)C(F)(F)F.O=C(Cl)C12CC3CC(C1)CC(C(=O)Cl)(C3)C2.O=S(=O)([O-])C(F)(F)C(O)C(F)(F)F.c1ccc([S+](c2ccccc2)c2ccccc2)cc1.c1ccc([S+](c2ccccc2)c2ccccc2)cc1.c1ccc([S+](c2ccccc2)c2ccccc2)cc1. The maximum absolute atomic E-state index is 13.8. The van der Waals surface area contributed by atoms with Crippen LogP contribution >= 0.6 is 23.2 Å². The zero-order valence-corrected chi connectivity index (χ0v) is 70.4. The second-order valence-corrected chi connectivity index (χ2v) is 40.6. The minimum atomic E-state index is -6.99. The summed E-state index contributed by atoms with van der Waals surface area (Å²) in [6.45, 7) is -0.154. The van der Waals surface area contributed by atoms with Gasteiger partial charge in [0.15, 0.2) is 64.3 Å². The van der Waals surface area contributed by atoms with E-state index in [2.05, 4.69) is 282 Å². The Bertz CT molecular complexity index is 4610. The van der Waals surface area contributed by atoms with Crippen LogP contribution in [-0.2, 0) is 81.6 Å². The molecule has 17 rings (SSSR count).